The number of carboxylic acid groups (broad SMARTS) is 1. The number of aromatic nitrogens is 5. The second-order valence-corrected chi connectivity index (χ2v) is 14.4. The van der Waals surface area contributed by atoms with E-state index in [1.54, 1.807) is 9.36 Å². The molecule has 49 heavy (non-hydrogen) atoms. The summed E-state index contributed by atoms with van der Waals surface area (Å²) in [5, 5.41) is 16.5. The molecule has 0 saturated carbocycles. The molecule has 23 heteroatoms. The number of nitrogens with zero attached hydrogens (tertiary/aromatic N) is 6. The van der Waals surface area contributed by atoms with Crippen molar-refractivity contribution in [1.82, 2.24) is 29.6 Å². The molecule has 1 aromatic carbocycles. The Morgan fingerprint density at radius 1 is 1.16 bits per heavy atom. The molecule has 3 aromatic rings. The number of aliphatic carboxylic acids is 1. The highest BCUT2D eigenvalue weighted by Crippen LogP contribution is 2.33. The third-order valence-electron chi connectivity index (χ3n) is 5.64. The predicted octanol–water partition coefficient (Wildman–Crippen LogP) is 3.37. The van der Waals surface area contributed by atoms with E-state index < -0.39 is 38.2 Å². The first kappa shape index (κ1) is 42.1. The van der Waals surface area contributed by atoms with E-state index in [9.17, 15) is 23.3 Å². The lowest BCUT2D eigenvalue weighted by Gasteiger charge is -2.15. The van der Waals surface area contributed by atoms with Gasteiger partial charge in [0, 0.05) is 30.6 Å². The molecule has 1 aliphatic rings. The number of fused-ring (bicyclic) bond motifs is 1. The number of carbonyl (C=O) groups excluding carboxylic acids is 1. The number of carboxylic acids is 1. The second-order valence-electron chi connectivity index (χ2n) is 10.0. The largest absolute Gasteiger partial charge is 0.480 e. The number of thioether (sulfide) groups is 1. The van der Waals surface area contributed by atoms with Gasteiger partial charge in [0.25, 0.3) is 0 Å². The lowest BCUT2D eigenvalue weighted by Crippen LogP contribution is -2.31. The lowest BCUT2D eigenvalue weighted by molar-refractivity contribution is -0.137. The van der Waals surface area contributed by atoms with Crippen molar-refractivity contribution in [2.45, 2.75) is 57.6 Å². The van der Waals surface area contributed by atoms with Crippen LogP contribution in [0, 0.1) is 5.82 Å². The van der Waals surface area contributed by atoms with E-state index in [0.29, 0.717) is 34.7 Å². The van der Waals surface area contributed by atoms with Crippen LogP contribution in [0.15, 0.2) is 26.8 Å². The van der Waals surface area contributed by atoms with Crippen molar-refractivity contribution in [3.63, 3.8) is 0 Å². The van der Waals surface area contributed by atoms with Gasteiger partial charge >= 0.3 is 24.4 Å². The first-order chi connectivity index (χ1) is 23.0. The Kier molecular flexibility index (Phi) is 17.6. The number of ether oxygens (including phenoxy) is 1. The quantitative estimate of drug-likeness (QED) is 0.0877. The van der Waals surface area contributed by atoms with Crippen LogP contribution < -0.4 is 25.6 Å². The van der Waals surface area contributed by atoms with Gasteiger partial charge in [0.15, 0.2) is 0 Å². The van der Waals surface area contributed by atoms with Crippen LogP contribution in [-0.4, -0.2) is 89.4 Å². The molecule has 17 nitrogen and oxygen atoms in total. The van der Waals surface area contributed by atoms with Crippen LogP contribution >= 0.6 is 53.9 Å². The van der Waals surface area contributed by atoms with Crippen molar-refractivity contribution in [2.75, 3.05) is 42.9 Å². The Morgan fingerprint density at radius 3 is 2.41 bits per heavy atom. The molecule has 272 valence electrons. The van der Waals surface area contributed by atoms with E-state index >= 15 is 0 Å². The molecule has 0 radical (unpaired) electrons. The summed E-state index contributed by atoms with van der Waals surface area (Å²) in [5.41, 5.74) is 0.0829. The van der Waals surface area contributed by atoms with Crippen LogP contribution in [0.3, 0.4) is 0 Å². The highest BCUT2D eigenvalue weighted by molar-refractivity contribution is 8.00. The van der Waals surface area contributed by atoms with Gasteiger partial charge in [-0.1, -0.05) is 11.6 Å². The summed E-state index contributed by atoms with van der Waals surface area (Å²) in [6, 6.07) is 2.91. The maximum absolute atomic E-state index is 14.3. The van der Waals surface area contributed by atoms with Crippen molar-refractivity contribution in [3.8, 4) is 0 Å². The Bertz CT molecular complexity index is 1750. The van der Waals surface area contributed by atoms with Crippen molar-refractivity contribution < 1.29 is 38.2 Å². The minimum absolute atomic E-state index is 0.0605. The fraction of sp³-hybridized carbons (Fsp3) is 0.500. The number of anilines is 2. The number of halogens is 3. The molecule has 6 N–H and O–H groups in total. The zero-order chi connectivity index (χ0) is 36.7. The molecule has 4 rings (SSSR count). The zero-order valence-corrected chi connectivity index (χ0v) is 30.9. The van der Waals surface area contributed by atoms with Crippen LogP contribution in [0.5, 0.6) is 0 Å². The Balaban J connectivity index is 0.000000293. The molecule has 0 amide bonds. The first-order valence-corrected chi connectivity index (χ1v) is 18.8. The smallest absolute Gasteiger partial charge is 0.339 e. The monoisotopic (exact) mass is 787 g/mol. The summed E-state index contributed by atoms with van der Waals surface area (Å²) >= 11 is 13.9. The van der Waals surface area contributed by atoms with Gasteiger partial charge in [0.1, 0.15) is 11.5 Å². The standard InChI is InChI=1S/C15H15ClFN3O3S2.C8H14ClN5.C3H8NO5P/c1-23-13(21)8-24-12-7-11(10(17)6-9(12)16)18-14-19-4-2-3-5-20(19)15(22)25-14;1-4-10-7-12-6(9)13-8(14-7)11-5(2)3;5-3(6)1-4-2-10(7,8)9/h6-7H,2-5,8H2,1H3;5H,4H2,1-3H3,(H2,10,11,12,13,14);4H,1-2H2,(H,5,6)(H2,7,8,9). The fourth-order valence-corrected chi connectivity index (χ4v) is 6.20. The number of carbonyl (C=O) groups is 2. The molecule has 3 heterocycles. The summed E-state index contributed by atoms with van der Waals surface area (Å²) in [7, 11) is -2.80. The van der Waals surface area contributed by atoms with E-state index in [1.165, 1.54) is 13.2 Å². The summed E-state index contributed by atoms with van der Waals surface area (Å²) in [4.78, 5) is 66.6. The van der Waals surface area contributed by atoms with Crippen LogP contribution in [0.1, 0.15) is 33.6 Å². The molecule has 0 bridgehead atoms. The van der Waals surface area contributed by atoms with E-state index in [2.05, 4.69) is 40.6 Å². The molecule has 2 aromatic heterocycles. The van der Waals surface area contributed by atoms with Crippen molar-refractivity contribution in [3.05, 3.63) is 42.7 Å². The number of benzene rings is 1. The molecular formula is C26H37Cl2FN9O8PS2. The summed E-state index contributed by atoms with van der Waals surface area (Å²) in [6.45, 7) is 7.61. The van der Waals surface area contributed by atoms with E-state index in [0.717, 1.165) is 48.6 Å². The highest BCUT2D eigenvalue weighted by Gasteiger charge is 2.15. The Labute approximate surface area is 298 Å². The number of rotatable bonds is 12. The summed E-state index contributed by atoms with van der Waals surface area (Å²) in [6.07, 6.45) is 1.30. The third-order valence-corrected chi connectivity index (χ3v) is 8.76. The maximum atomic E-state index is 14.3. The van der Waals surface area contributed by atoms with Crippen LogP contribution in [0.4, 0.5) is 22.0 Å². The van der Waals surface area contributed by atoms with E-state index in [1.807, 2.05) is 20.8 Å². The molecule has 0 fully saturated rings. The van der Waals surface area contributed by atoms with E-state index in [-0.39, 0.29) is 32.7 Å². The number of hydrogen-bond acceptors (Lipinski definition) is 14. The number of methoxy groups -OCH3 is 1. The number of hydrogen-bond donors (Lipinski definition) is 6. The van der Waals surface area contributed by atoms with Gasteiger partial charge in [-0.15, -0.1) is 11.8 Å². The third kappa shape index (κ3) is 15.5. The molecule has 0 spiro atoms. The van der Waals surface area contributed by atoms with Gasteiger partial charge in [-0.25, -0.2) is 14.1 Å². The minimum atomic E-state index is -4.10. The summed E-state index contributed by atoms with van der Waals surface area (Å²) < 4.78 is 32.3. The van der Waals surface area contributed by atoms with Gasteiger partial charge in [0.05, 0.1) is 30.7 Å². The molecule has 0 saturated heterocycles. The van der Waals surface area contributed by atoms with Gasteiger partial charge in [-0.3, -0.25) is 28.9 Å². The van der Waals surface area contributed by atoms with Gasteiger partial charge in [-0.2, -0.15) is 15.0 Å². The molecule has 0 aliphatic carbocycles. The average molecular weight is 789 g/mol. The van der Waals surface area contributed by atoms with Crippen molar-refractivity contribution in [1.29, 1.82) is 0 Å². The second kappa shape index (κ2) is 20.5. The van der Waals surface area contributed by atoms with Crippen molar-refractivity contribution in [2.24, 2.45) is 4.99 Å². The van der Waals surface area contributed by atoms with Crippen LogP contribution in [0.2, 0.25) is 10.3 Å². The Morgan fingerprint density at radius 2 is 1.82 bits per heavy atom. The predicted molar refractivity (Wildman–Crippen MR) is 185 cm³/mol. The van der Waals surface area contributed by atoms with Crippen molar-refractivity contribution >= 4 is 83.4 Å². The highest BCUT2D eigenvalue weighted by atomic mass is 35.5. The molecule has 0 unspecified atom stereocenters. The molecular weight excluding hydrogens is 751 g/mol. The number of nitrogens with one attached hydrogen (secondary N) is 3. The molecule has 1 aliphatic heterocycles. The first-order valence-electron chi connectivity index (χ1n) is 14.5. The topological polar surface area (TPSA) is 235 Å². The maximum Gasteiger partial charge on any atom is 0.339 e. The summed E-state index contributed by atoms with van der Waals surface area (Å²) in [5.74, 6) is -1.08. The SMILES string of the molecule is CCNc1nc(Cl)nc(NC(C)C)n1.COC(=O)CSc1cc(N=c2sc(=O)n3n2CCCC3)c(F)cc1Cl.O=C(O)CNCP(=O)(O)O. The zero-order valence-electron chi connectivity index (χ0n) is 26.9. The van der Waals surface area contributed by atoms with Gasteiger partial charge in [0.2, 0.25) is 22.0 Å². The average Bonchev–Trinajstić information content (AvgIpc) is 3.32. The minimum Gasteiger partial charge on any atom is -0.480 e. The van der Waals surface area contributed by atoms with Gasteiger partial charge in [-0.05, 0) is 68.7 Å². The lowest BCUT2D eigenvalue weighted by atomic mass is 10.3. The normalized spacial score (nSPS) is 12.7. The van der Waals surface area contributed by atoms with Crippen LogP contribution in [-0.2, 0) is 32.0 Å². The van der Waals surface area contributed by atoms with Crippen LogP contribution in [0.25, 0.3) is 0 Å². The van der Waals surface area contributed by atoms with E-state index in [4.69, 9.17) is 38.1 Å². The number of esters is 1. The Hall–Kier alpha value is -3.10. The molecule has 0 atom stereocenters. The van der Waals surface area contributed by atoms with Gasteiger partial charge < -0.3 is 30.3 Å². The fourth-order valence-electron chi connectivity index (χ4n) is 3.65.